The molecule has 0 amide bonds. The molecule has 112 valence electrons. The van der Waals surface area contributed by atoms with Crippen molar-refractivity contribution in [2.24, 2.45) is 0 Å². The molecule has 0 saturated carbocycles. The van der Waals surface area contributed by atoms with Gasteiger partial charge in [0, 0.05) is 18.9 Å². The SMILES string of the molecule is CCCNC(CCC(F)(F)F)C1Cc2ccccc2O1. The van der Waals surface area contributed by atoms with Gasteiger partial charge in [0.05, 0.1) is 0 Å². The number of halogens is 3. The molecule has 0 aliphatic carbocycles. The summed E-state index contributed by atoms with van der Waals surface area (Å²) in [5.74, 6) is 0.799. The fraction of sp³-hybridized carbons (Fsp3) is 0.600. The van der Waals surface area contributed by atoms with Gasteiger partial charge in [0.25, 0.3) is 0 Å². The molecule has 2 atom stereocenters. The quantitative estimate of drug-likeness (QED) is 0.861. The van der Waals surface area contributed by atoms with E-state index in [4.69, 9.17) is 4.74 Å². The summed E-state index contributed by atoms with van der Waals surface area (Å²) in [4.78, 5) is 0. The lowest BCUT2D eigenvalue weighted by molar-refractivity contribution is -0.137. The molecule has 2 rings (SSSR count). The van der Waals surface area contributed by atoms with Crippen LogP contribution < -0.4 is 10.1 Å². The van der Waals surface area contributed by atoms with E-state index in [0.717, 1.165) is 17.7 Å². The van der Waals surface area contributed by atoms with Gasteiger partial charge in [0.1, 0.15) is 11.9 Å². The third kappa shape index (κ3) is 4.13. The Hall–Kier alpha value is -1.23. The number of hydrogen-bond acceptors (Lipinski definition) is 2. The molecule has 0 bridgehead atoms. The minimum Gasteiger partial charge on any atom is -0.488 e. The van der Waals surface area contributed by atoms with Crippen LogP contribution in [-0.2, 0) is 6.42 Å². The van der Waals surface area contributed by atoms with Crippen molar-refractivity contribution in [2.75, 3.05) is 6.54 Å². The number of ether oxygens (including phenoxy) is 1. The van der Waals surface area contributed by atoms with Crippen LogP contribution in [0.5, 0.6) is 5.75 Å². The van der Waals surface area contributed by atoms with Crippen molar-refractivity contribution in [3.8, 4) is 5.75 Å². The molecule has 20 heavy (non-hydrogen) atoms. The highest BCUT2D eigenvalue weighted by Crippen LogP contribution is 2.31. The molecule has 1 N–H and O–H groups in total. The smallest absolute Gasteiger partial charge is 0.389 e. The second-order valence-corrected chi connectivity index (χ2v) is 5.18. The van der Waals surface area contributed by atoms with E-state index >= 15 is 0 Å². The third-order valence-electron chi connectivity index (χ3n) is 3.52. The minimum absolute atomic E-state index is 0.0577. The predicted molar refractivity (Wildman–Crippen MR) is 71.9 cm³/mol. The van der Waals surface area contributed by atoms with Gasteiger partial charge in [-0.05, 0) is 31.0 Å². The number of nitrogens with one attached hydrogen (secondary N) is 1. The highest BCUT2D eigenvalue weighted by atomic mass is 19.4. The molecule has 0 spiro atoms. The molecule has 0 radical (unpaired) electrons. The molecule has 5 heteroatoms. The Labute approximate surface area is 117 Å². The van der Waals surface area contributed by atoms with Crippen LogP contribution in [0.1, 0.15) is 31.7 Å². The molecule has 2 nitrogen and oxygen atoms in total. The van der Waals surface area contributed by atoms with Crippen molar-refractivity contribution < 1.29 is 17.9 Å². The zero-order valence-corrected chi connectivity index (χ0v) is 11.5. The van der Waals surface area contributed by atoms with E-state index in [1.165, 1.54) is 0 Å². The van der Waals surface area contributed by atoms with Crippen LogP contribution in [0.2, 0.25) is 0 Å². The summed E-state index contributed by atoms with van der Waals surface area (Å²) in [6, 6.07) is 7.38. The molecule has 0 fully saturated rings. The van der Waals surface area contributed by atoms with E-state index in [-0.39, 0.29) is 18.6 Å². The predicted octanol–water partition coefficient (Wildman–Crippen LogP) is 3.70. The van der Waals surface area contributed by atoms with Crippen LogP contribution in [0.15, 0.2) is 24.3 Å². The fourth-order valence-electron chi connectivity index (χ4n) is 2.50. The summed E-state index contributed by atoms with van der Waals surface area (Å²) < 4.78 is 43.1. The van der Waals surface area contributed by atoms with Crippen molar-refractivity contribution in [3.63, 3.8) is 0 Å². The number of rotatable bonds is 6. The maximum absolute atomic E-state index is 12.4. The van der Waals surface area contributed by atoms with Crippen molar-refractivity contribution in [1.29, 1.82) is 0 Å². The Bertz CT molecular complexity index is 408. The summed E-state index contributed by atoms with van der Waals surface area (Å²) in [7, 11) is 0. The highest BCUT2D eigenvalue weighted by Gasteiger charge is 2.34. The largest absolute Gasteiger partial charge is 0.488 e. The summed E-state index contributed by atoms with van der Waals surface area (Å²) in [5.41, 5.74) is 1.08. The molecular formula is C15H20F3NO. The summed E-state index contributed by atoms with van der Waals surface area (Å²) in [5, 5.41) is 3.19. The Morgan fingerprint density at radius 3 is 2.75 bits per heavy atom. The van der Waals surface area contributed by atoms with E-state index in [1.54, 1.807) is 0 Å². The van der Waals surface area contributed by atoms with Gasteiger partial charge in [-0.1, -0.05) is 25.1 Å². The fourth-order valence-corrected chi connectivity index (χ4v) is 2.50. The molecule has 0 aromatic heterocycles. The zero-order chi connectivity index (χ0) is 14.6. The van der Waals surface area contributed by atoms with Gasteiger partial charge in [0.15, 0.2) is 0 Å². The van der Waals surface area contributed by atoms with E-state index < -0.39 is 12.6 Å². The number of alkyl halides is 3. The highest BCUT2D eigenvalue weighted by molar-refractivity contribution is 5.37. The van der Waals surface area contributed by atoms with Gasteiger partial charge >= 0.3 is 6.18 Å². The van der Waals surface area contributed by atoms with Crippen LogP contribution in [0.4, 0.5) is 13.2 Å². The number of para-hydroxylation sites is 1. The van der Waals surface area contributed by atoms with Crippen molar-refractivity contribution in [2.45, 2.75) is 50.9 Å². The second-order valence-electron chi connectivity index (χ2n) is 5.18. The number of benzene rings is 1. The van der Waals surface area contributed by atoms with Crippen molar-refractivity contribution in [1.82, 2.24) is 5.32 Å². The molecule has 1 aromatic rings. The summed E-state index contributed by atoms with van der Waals surface area (Å²) >= 11 is 0. The minimum atomic E-state index is -4.11. The van der Waals surface area contributed by atoms with Crippen LogP contribution in [0.3, 0.4) is 0 Å². The van der Waals surface area contributed by atoms with Gasteiger partial charge in [-0.2, -0.15) is 13.2 Å². The summed E-state index contributed by atoms with van der Waals surface area (Å²) in [6.45, 7) is 2.71. The van der Waals surface area contributed by atoms with Crippen molar-refractivity contribution in [3.05, 3.63) is 29.8 Å². The maximum atomic E-state index is 12.4. The lowest BCUT2D eigenvalue weighted by atomic mass is 10.00. The first kappa shape index (κ1) is 15.2. The lowest BCUT2D eigenvalue weighted by Gasteiger charge is -2.25. The first-order chi connectivity index (χ1) is 9.49. The average molecular weight is 287 g/mol. The molecule has 0 saturated heterocycles. The van der Waals surface area contributed by atoms with E-state index in [1.807, 2.05) is 31.2 Å². The Kier molecular flexibility index (Phi) is 4.91. The second kappa shape index (κ2) is 6.48. The molecule has 1 aliphatic heterocycles. The molecule has 2 unspecified atom stereocenters. The zero-order valence-electron chi connectivity index (χ0n) is 11.5. The van der Waals surface area contributed by atoms with E-state index in [9.17, 15) is 13.2 Å². The monoisotopic (exact) mass is 287 g/mol. The van der Waals surface area contributed by atoms with Gasteiger partial charge in [0.2, 0.25) is 0 Å². The van der Waals surface area contributed by atoms with Gasteiger partial charge < -0.3 is 10.1 Å². The van der Waals surface area contributed by atoms with E-state index in [0.29, 0.717) is 13.0 Å². The van der Waals surface area contributed by atoms with Gasteiger partial charge in [-0.25, -0.2) is 0 Å². The van der Waals surface area contributed by atoms with Gasteiger partial charge in [-0.15, -0.1) is 0 Å². The van der Waals surface area contributed by atoms with Crippen LogP contribution in [-0.4, -0.2) is 24.9 Å². The Morgan fingerprint density at radius 1 is 1.35 bits per heavy atom. The normalized spacial score (nSPS) is 19.5. The Balaban J connectivity index is 1.97. The lowest BCUT2D eigenvalue weighted by Crippen LogP contribution is -2.43. The molecule has 1 aromatic carbocycles. The Morgan fingerprint density at radius 2 is 2.10 bits per heavy atom. The molecule has 1 aliphatic rings. The molecular weight excluding hydrogens is 267 g/mol. The van der Waals surface area contributed by atoms with E-state index in [2.05, 4.69) is 5.32 Å². The first-order valence-electron chi connectivity index (χ1n) is 7.04. The standard InChI is InChI=1S/C15H20F3NO/c1-2-9-19-12(7-8-15(16,17)18)14-10-11-5-3-4-6-13(11)20-14/h3-6,12,14,19H,2,7-10H2,1H3. The number of fused-ring (bicyclic) bond motifs is 1. The van der Waals surface area contributed by atoms with Crippen molar-refractivity contribution >= 4 is 0 Å². The third-order valence-corrected chi connectivity index (χ3v) is 3.52. The molecule has 1 heterocycles. The van der Waals surface area contributed by atoms with Crippen LogP contribution in [0.25, 0.3) is 0 Å². The van der Waals surface area contributed by atoms with Gasteiger partial charge in [-0.3, -0.25) is 0 Å². The maximum Gasteiger partial charge on any atom is 0.389 e. The first-order valence-corrected chi connectivity index (χ1v) is 7.04. The van der Waals surface area contributed by atoms with Crippen LogP contribution in [0, 0.1) is 0 Å². The summed E-state index contributed by atoms with van der Waals surface area (Å²) in [6.07, 6.45) is -3.47. The number of hydrogen-bond donors (Lipinski definition) is 1. The topological polar surface area (TPSA) is 21.3 Å². The average Bonchev–Trinajstić information content (AvgIpc) is 2.81. The van der Waals surface area contributed by atoms with Crippen LogP contribution >= 0.6 is 0 Å².